The van der Waals surface area contributed by atoms with Crippen LogP contribution in [0, 0.1) is 6.92 Å². The highest BCUT2D eigenvalue weighted by Gasteiger charge is 2.33. The number of hydrogen-bond acceptors (Lipinski definition) is 6. The van der Waals surface area contributed by atoms with Crippen LogP contribution in [0.2, 0.25) is 0 Å². The van der Waals surface area contributed by atoms with Gasteiger partial charge in [-0.15, -0.1) is 0 Å². The SMILES string of the molecule is CNCCN=S(C)(=O)c1cccc(NC(=O)c2c(N3CCCC(F)(F)CC3)ncc(Br)c2C)c1. The first kappa shape index (κ1) is 26.5. The van der Waals surface area contributed by atoms with Gasteiger partial charge in [-0.25, -0.2) is 22.3 Å². The number of rotatable bonds is 7. The molecule has 0 bridgehead atoms. The van der Waals surface area contributed by atoms with Gasteiger partial charge < -0.3 is 15.5 Å². The second-order valence-electron chi connectivity index (χ2n) is 8.37. The summed E-state index contributed by atoms with van der Waals surface area (Å²) >= 11 is 3.42. The molecule has 34 heavy (non-hydrogen) atoms. The van der Waals surface area contributed by atoms with E-state index in [2.05, 4.69) is 35.9 Å². The standard InChI is InChI=1S/C23H30BrF2N5O2S/c1-16-19(24)15-28-21(31-12-5-8-23(25,26)9-13-31)20(16)22(32)30-17-6-4-7-18(14-17)34(3,33)29-11-10-27-2/h4,6-7,14-15,27H,5,8-13H2,1-3H3,(H,30,32). The lowest BCUT2D eigenvalue weighted by Crippen LogP contribution is -2.30. The normalized spacial score (nSPS) is 17.5. The zero-order valence-corrected chi connectivity index (χ0v) is 21.9. The number of likely N-dealkylation sites (N-methyl/N-ethyl adjacent to an activating group) is 1. The van der Waals surface area contributed by atoms with E-state index >= 15 is 0 Å². The molecule has 0 aliphatic carbocycles. The Balaban J connectivity index is 1.90. The lowest BCUT2D eigenvalue weighted by Gasteiger charge is -2.25. The number of hydrogen-bond donors (Lipinski definition) is 2. The van der Waals surface area contributed by atoms with Crippen LogP contribution in [-0.2, 0) is 9.73 Å². The number of pyridine rings is 1. The lowest BCUT2D eigenvalue weighted by atomic mass is 10.1. The first-order valence-corrected chi connectivity index (χ1v) is 13.8. The summed E-state index contributed by atoms with van der Waals surface area (Å²) in [6.07, 6.45) is 3.01. The van der Waals surface area contributed by atoms with Crippen LogP contribution in [0.15, 0.2) is 44.2 Å². The topological polar surface area (TPSA) is 86.7 Å². The van der Waals surface area contributed by atoms with Gasteiger partial charge in [0.2, 0.25) is 5.92 Å². The average Bonchev–Trinajstić information content (AvgIpc) is 2.96. The summed E-state index contributed by atoms with van der Waals surface area (Å²) in [6, 6.07) is 6.79. The fourth-order valence-electron chi connectivity index (χ4n) is 3.76. The Bertz CT molecular complexity index is 1170. The summed E-state index contributed by atoms with van der Waals surface area (Å²) in [7, 11) is -0.827. The molecule has 1 aliphatic heterocycles. The first-order valence-electron chi connectivity index (χ1n) is 11.1. The number of aromatic nitrogens is 1. The van der Waals surface area contributed by atoms with Crippen molar-refractivity contribution in [3.63, 3.8) is 0 Å². The van der Waals surface area contributed by atoms with Crippen molar-refractivity contribution < 1.29 is 17.8 Å². The molecule has 1 aliphatic rings. The molecule has 1 unspecified atom stereocenters. The zero-order chi connectivity index (χ0) is 24.9. The van der Waals surface area contributed by atoms with Crippen LogP contribution in [0.1, 0.15) is 35.2 Å². The third-order valence-electron chi connectivity index (χ3n) is 5.73. The van der Waals surface area contributed by atoms with Crippen LogP contribution in [-0.4, -0.2) is 60.5 Å². The van der Waals surface area contributed by atoms with Crippen LogP contribution in [0.25, 0.3) is 0 Å². The molecule has 1 fully saturated rings. The smallest absolute Gasteiger partial charge is 0.259 e. The molecule has 2 heterocycles. The molecule has 1 amide bonds. The molecule has 1 atom stereocenters. The highest BCUT2D eigenvalue weighted by atomic mass is 79.9. The number of carbonyl (C=O) groups is 1. The zero-order valence-electron chi connectivity index (χ0n) is 19.5. The Morgan fingerprint density at radius 2 is 2.09 bits per heavy atom. The van der Waals surface area contributed by atoms with Crippen molar-refractivity contribution in [3.8, 4) is 0 Å². The predicted octanol–water partition coefficient (Wildman–Crippen LogP) is 4.71. The maximum Gasteiger partial charge on any atom is 0.259 e. The van der Waals surface area contributed by atoms with E-state index in [1.54, 1.807) is 55.6 Å². The molecule has 11 heteroatoms. The summed E-state index contributed by atoms with van der Waals surface area (Å²) < 4.78 is 45.8. The van der Waals surface area contributed by atoms with E-state index in [1.165, 1.54) is 0 Å². The molecule has 2 aromatic rings. The van der Waals surface area contributed by atoms with Crippen LogP contribution in [0.4, 0.5) is 20.3 Å². The largest absolute Gasteiger partial charge is 0.356 e. The van der Waals surface area contributed by atoms with Crippen LogP contribution in [0.5, 0.6) is 0 Å². The van der Waals surface area contributed by atoms with Crippen molar-refractivity contribution >= 4 is 43.1 Å². The fraction of sp³-hybridized carbons (Fsp3) is 0.478. The van der Waals surface area contributed by atoms with E-state index in [9.17, 15) is 17.8 Å². The van der Waals surface area contributed by atoms with Gasteiger partial charge in [-0.1, -0.05) is 6.07 Å². The van der Waals surface area contributed by atoms with Crippen molar-refractivity contribution in [2.24, 2.45) is 4.36 Å². The highest BCUT2D eigenvalue weighted by Crippen LogP contribution is 2.33. The summed E-state index contributed by atoms with van der Waals surface area (Å²) in [5.74, 6) is -2.74. The van der Waals surface area contributed by atoms with E-state index in [1.807, 2.05) is 0 Å². The molecule has 2 N–H and O–H groups in total. The predicted molar refractivity (Wildman–Crippen MR) is 136 cm³/mol. The number of nitrogens with zero attached hydrogens (tertiary/aromatic N) is 3. The Kier molecular flexibility index (Phi) is 8.64. The minimum atomic E-state index is -2.71. The molecule has 186 valence electrons. The van der Waals surface area contributed by atoms with Crippen molar-refractivity contribution in [1.82, 2.24) is 10.3 Å². The van der Waals surface area contributed by atoms with E-state index < -0.39 is 21.6 Å². The van der Waals surface area contributed by atoms with E-state index in [0.717, 1.165) is 0 Å². The minimum Gasteiger partial charge on any atom is -0.356 e. The molecule has 0 radical (unpaired) electrons. The molecule has 0 spiro atoms. The van der Waals surface area contributed by atoms with E-state index in [4.69, 9.17) is 0 Å². The van der Waals surface area contributed by atoms with Gasteiger partial charge in [-0.2, -0.15) is 0 Å². The Morgan fingerprint density at radius 1 is 1.32 bits per heavy atom. The lowest BCUT2D eigenvalue weighted by molar-refractivity contribution is -0.0102. The monoisotopic (exact) mass is 557 g/mol. The summed E-state index contributed by atoms with van der Waals surface area (Å²) in [5, 5.41) is 5.83. The van der Waals surface area contributed by atoms with Gasteiger partial charge in [0.15, 0.2) is 0 Å². The van der Waals surface area contributed by atoms with Crippen molar-refractivity contribution in [3.05, 3.63) is 46.1 Å². The number of carbonyl (C=O) groups excluding carboxylic acids is 1. The van der Waals surface area contributed by atoms with Crippen molar-refractivity contribution in [2.45, 2.75) is 37.0 Å². The Hall–Kier alpha value is -2.11. The summed E-state index contributed by atoms with van der Waals surface area (Å²) in [4.78, 5) is 20.1. The number of halogens is 3. The van der Waals surface area contributed by atoms with Crippen LogP contribution < -0.4 is 15.5 Å². The highest BCUT2D eigenvalue weighted by molar-refractivity contribution is 9.10. The van der Waals surface area contributed by atoms with E-state index in [-0.39, 0.29) is 19.4 Å². The van der Waals surface area contributed by atoms with Crippen molar-refractivity contribution in [2.75, 3.05) is 49.7 Å². The maximum absolute atomic E-state index is 13.9. The molecule has 7 nitrogen and oxygen atoms in total. The molecule has 3 rings (SSSR count). The molecule has 1 saturated heterocycles. The maximum atomic E-state index is 13.9. The van der Waals surface area contributed by atoms with Gasteiger partial charge >= 0.3 is 0 Å². The molecule has 1 aromatic carbocycles. The number of amides is 1. The quantitative estimate of drug-likeness (QED) is 0.481. The van der Waals surface area contributed by atoms with Crippen LogP contribution in [0.3, 0.4) is 0 Å². The minimum absolute atomic E-state index is 0.114. The van der Waals surface area contributed by atoms with Gasteiger partial charge in [-0.3, -0.25) is 4.79 Å². The third-order valence-corrected chi connectivity index (χ3v) is 8.33. The number of benzene rings is 1. The number of alkyl halides is 2. The van der Waals surface area contributed by atoms with Gasteiger partial charge in [0.05, 0.1) is 21.8 Å². The van der Waals surface area contributed by atoms with Crippen LogP contribution >= 0.6 is 15.9 Å². The second-order valence-corrected chi connectivity index (χ2v) is 11.6. The van der Waals surface area contributed by atoms with Gasteiger partial charge in [0.1, 0.15) is 5.82 Å². The van der Waals surface area contributed by atoms with Gasteiger partial charge in [0.25, 0.3) is 5.91 Å². The molecular weight excluding hydrogens is 528 g/mol. The first-order chi connectivity index (χ1) is 16.0. The summed E-state index contributed by atoms with van der Waals surface area (Å²) in [5.41, 5.74) is 1.45. The van der Waals surface area contributed by atoms with Crippen molar-refractivity contribution in [1.29, 1.82) is 0 Å². The van der Waals surface area contributed by atoms with Gasteiger partial charge in [-0.05, 0) is 60.1 Å². The fourth-order valence-corrected chi connectivity index (χ4v) is 5.33. The average molecular weight is 558 g/mol. The number of anilines is 2. The number of nitrogens with one attached hydrogen (secondary N) is 2. The molecular formula is C23H30BrF2N5O2S. The molecule has 1 aromatic heterocycles. The molecule has 0 saturated carbocycles. The van der Waals surface area contributed by atoms with E-state index in [0.29, 0.717) is 58.1 Å². The Morgan fingerprint density at radius 3 is 2.82 bits per heavy atom. The van der Waals surface area contributed by atoms with Gasteiger partial charge in [0, 0.05) is 60.0 Å². The summed E-state index contributed by atoms with van der Waals surface area (Å²) in [6.45, 7) is 3.31. The Labute approximate surface area is 208 Å². The second kappa shape index (κ2) is 11.1. The third kappa shape index (κ3) is 6.51.